The largest absolute Gasteiger partial charge is 0.480 e. The third-order valence-corrected chi connectivity index (χ3v) is 3.49. The highest BCUT2D eigenvalue weighted by Crippen LogP contribution is 2.21. The lowest BCUT2D eigenvalue weighted by Gasteiger charge is -2.18. The summed E-state index contributed by atoms with van der Waals surface area (Å²) in [6, 6.07) is 9.11. The summed E-state index contributed by atoms with van der Waals surface area (Å²) in [5, 5.41) is 13.1. The fourth-order valence-corrected chi connectivity index (χ4v) is 2.49. The third-order valence-electron chi connectivity index (χ3n) is 3.49. The average Bonchev–Trinajstić information content (AvgIpc) is 3.09. The zero-order valence-corrected chi connectivity index (χ0v) is 10.9. The van der Waals surface area contributed by atoms with Gasteiger partial charge in [-0.25, -0.2) is 0 Å². The number of rotatable bonds is 4. The van der Waals surface area contributed by atoms with Crippen LogP contribution in [0.2, 0.25) is 0 Å². The second kappa shape index (κ2) is 5.42. The second-order valence-electron chi connectivity index (χ2n) is 4.84. The van der Waals surface area contributed by atoms with Gasteiger partial charge in [-0.3, -0.25) is 9.69 Å². The molecule has 0 bridgehead atoms. The Hall–Kier alpha value is -2.21. The number of hydrogen-bond acceptors (Lipinski definition) is 5. The van der Waals surface area contributed by atoms with Crippen molar-refractivity contribution in [1.29, 1.82) is 0 Å². The maximum atomic E-state index is 11.1. The lowest BCUT2D eigenvalue weighted by Crippen LogP contribution is -2.35. The monoisotopic (exact) mass is 273 g/mol. The molecule has 3 rings (SSSR count). The summed E-state index contributed by atoms with van der Waals surface area (Å²) >= 11 is 0. The topological polar surface area (TPSA) is 79.5 Å². The summed E-state index contributed by atoms with van der Waals surface area (Å²) < 4.78 is 5.21. The van der Waals surface area contributed by atoms with Gasteiger partial charge >= 0.3 is 5.97 Å². The Kier molecular flexibility index (Phi) is 3.47. The van der Waals surface area contributed by atoms with E-state index in [-0.39, 0.29) is 0 Å². The normalized spacial score (nSPS) is 19.3. The molecule has 1 atom stereocenters. The van der Waals surface area contributed by atoms with E-state index in [1.807, 2.05) is 35.2 Å². The first-order valence-electron chi connectivity index (χ1n) is 6.59. The molecular formula is C14H15N3O3. The van der Waals surface area contributed by atoms with E-state index in [0.717, 1.165) is 18.5 Å². The Balaban J connectivity index is 1.73. The van der Waals surface area contributed by atoms with E-state index in [0.29, 0.717) is 24.7 Å². The van der Waals surface area contributed by atoms with Crippen molar-refractivity contribution in [2.75, 3.05) is 6.54 Å². The van der Waals surface area contributed by atoms with Crippen LogP contribution in [0, 0.1) is 0 Å². The minimum absolute atomic E-state index is 0.386. The van der Waals surface area contributed by atoms with Crippen LogP contribution in [-0.4, -0.2) is 38.7 Å². The van der Waals surface area contributed by atoms with Gasteiger partial charge in [-0.1, -0.05) is 35.5 Å². The lowest BCUT2D eigenvalue weighted by atomic mass is 10.2. The van der Waals surface area contributed by atoms with E-state index in [2.05, 4.69) is 10.1 Å². The summed E-state index contributed by atoms with van der Waals surface area (Å²) in [6.45, 7) is 1.14. The van der Waals surface area contributed by atoms with Crippen LogP contribution in [0.1, 0.15) is 18.7 Å². The molecule has 1 aliphatic rings. The molecule has 0 amide bonds. The number of nitrogens with zero attached hydrogens (tertiary/aromatic N) is 3. The molecule has 1 aromatic carbocycles. The van der Waals surface area contributed by atoms with Crippen LogP contribution < -0.4 is 0 Å². The van der Waals surface area contributed by atoms with Gasteiger partial charge in [0.1, 0.15) is 6.04 Å². The van der Waals surface area contributed by atoms with Gasteiger partial charge in [0, 0.05) is 5.56 Å². The summed E-state index contributed by atoms with van der Waals surface area (Å²) in [6.07, 6.45) is 1.56. The molecule has 1 saturated heterocycles. The lowest BCUT2D eigenvalue weighted by molar-refractivity contribution is -0.142. The molecular weight excluding hydrogens is 258 g/mol. The first-order valence-corrected chi connectivity index (χ1v) is 6.59. The smallest absolute Gasteiger partial charge is 0.320 e. The Morgan fingerprint density at radius 2 is 2.20 bits per heavy atom. The van der Waals surface area contributed by atoms with Gasteiger partial charge in [0.15, 0.2) is 0 Å². The van der Waals surface area contributed by atoms with Crippen LogP contribution in [0.25, 0.3) is 11.4 Å². The number of aromatic nitrogens is 2. The van der Waals surface area contributed by atoms with Crippen LogP contribution in [0.5, 0.6) is 0 Å². The van der Waals surface area contributed by atoms with Crippen LogP contribution in [0.3, 0.4) is 0 Å². The van der Waals surface area contributed by atoms with Crippen LogP contribution >= 0.6 is 0 Å². The van der Waals surface area contributed by atoms with Crippen LogP contribution in [-0.2, 0) is 11.3 Å². The quantitative estimate of drug-likeness (QED) is 0.914. The van der Waals surface area contributed by atoms with Crippen molar-refractivity contribution in [2.24, 2.45) is 0 Å². The molecule has 0 spiro atoms. The third kappa shape index (κ3) is 2.55. The molecule has 0 radical (unpaired) electrons. The van der Waals surface area contributed by atoms with Gasteiger partial charge in [0.25, 0.3) is 0 Å². The minimum atomic E-state index is -0.787. The number of aliphatic carboxylic acids is 1. The van der Waals surface area contributed by atoms with Crippen molar-refractivity contribution in [3.8, 4) is 11.4 Å². The van der Waals surface area contributed by atoms with Crippen molar-refractivity contribution < 1.29 is 14.4 Å². The maximum absolute atomic E-state index is 11.1. The first-order chi connectivity index (χ1) is 9.74. The zero-order valence-electron chi connectivity index (χ0n) is 10.9. The number of carboxylic acid groups (broad SMARTS) is 1. The second-order valence-corrected chi connectivity index (χ2v) is 4.84. The Labute approximate surface area is 116 Å². The van der Waals surface area contributed by atoms with Crippen molar-refractivity contribution in [2.45, 2.75) is 25.4 Å². The van der Waals surface area contributed by atoms with Gasteiger partial charge in [-0.15, -0.1) is 0 Å². The molecule has 0 saturated carbocycles. The molecule has 2 aromatic rings. The van der Waals surface area contributed by atoms with Gasteiger partial charge < -0.3 is 9.63 Å². The Morgan fingerprint density at radius 3 is 2.95 bits per heavy atom. The standard InChI is InChI=1S/C14H15N3O3/c18-14(19)11-7-4-8-17(11)9-12-15-13(16-20-12)10-5-2-1-3-6-10/h1-3,5-6,11H,4,7-9H2,(H,18,19). The van der Waals surface area contributed by atoms with Gasteiger partial charge in [-0.05, 0) is 19.4 Å². The molecule has 1 unspecified atom stereocenters. The Bertz CT molecular complexity index is 597. The average molecular weight is 273 g/mol. The predicted octanol–water partition coefficient (Wildman–Crippen LogP) is 1.79. The molecule has 104 valence electrons. The fraction of sp³-hybridized carbons (Fsp3) is 0.357. The highest BCUT2D eigenvalue weighted by atomic mass is 16.5. The number of benzene rings is 1. The summed E-state index contributed by atoms with van der Waals surface area (Å²) in [7, 11) is 0. The van der Waals surface area contributed by atoms with E-state index in [1.165, 1.54) is 0 Å². The van der Waals surface area contributed by atoms with E-state index < -0.39 is 12.0 Å². The van der Waals surface area contributed by atoms with Crippen LogP contribution in [0.15, 0.2) is 34.9 Å². The summed E-state index contributed by atoms with van der Waals surface area (Å²) in [4.78, 5) is 17.3. The first kappa shape index (κ1) is 12.8. The van der Waals surface area contributed by atoms with E-state index in [1.54, 1.807) is 0 Å². The highest BCUT2D eigenvalue weighted by molar-refractivity contribution is 5.73. The molecule has 1 fully saturated rings. The zero-order chi connectivity index (χ0) is 13.9. The van der Waals surface area contributed by atoms with Crippen molar-refractivity contribution in [1.82, 2.24) is 15.0 Å². The van der Waals surface area contributed by atoms with E-state index >= 15 is 0 Å². The molecule has 6 nitrogen and oxygen atoms in total. The van der Waals surface area contributed by atoms with Crippen molar-refractivity contribution in [3.05, 3.63) is 36.2 Å². The molecule has 0 aliphatic carbocycles. The van der Waals surface area contributed by atoms with Crippen LogP contribution in [0.4, 0.5) is 0 Å². The van der Waals surface area contributed by atoms with Gasteiger partial charge in [0.05, 0.1) is 6.54 Å². The van der Waals surface area contributed by atoms with E-state index in [4.69, 9.17) is 9.63 Å². The van der Waals surface area contributed by atoms with Crippen molar-refractivity contribution in [3.63, 3.8) is 0 Å². The number of carbonyl (C=O) groups is 1. The SMILES string of the molecule is O=C(O)C1CCCN1Cc1nc(-c2ccccc2)no1. The highest BCUT2D eigenvalue weighted by Gasteiger charge is 2.31. The molecule has 1 aromatic heterocycles. The molecule has 20 heavy (non-hydrogen) atoms. The van der Waals surface area contributed by atoms with E-state index in [9.17, 15) is 4.79 Å². The van der Waals surface area contributed by atoms with Gasteiger partial charge in [0.2, 0.25) is 11.7 Å². The number of carboxylic acids is 1. The van der Waals surface area contributed by atoms with Gasteiger partial charge in [-0.2, -0.15) is 4.98 Å². The molecule has 1 N–H and O–H groups in total. The molecule has 2 heterocycles. The number of likely N-dealkylation sites (tertiary alicyclic amines) is 1. The maximum Gasteiger partial charge on any atom is 0.320 e. The minimum Gasteiger partial charge on any atom is -0.480 e. The predicted molar refractivity (Wildman–Crippen MR) is 70.8 cm³/mol. The molecule has 1 aliphatic heterocycles. The molecule has 6 heteroatoms. The Morgan fingerprint density at radius 1 is 1.40 bits per heavy atom. The number of hydrogen-bond donors (Lipinski definition) is 1. The summed E-state index contributed by atoms with van der Waals surface area (Å²) in [5.74, 6) is 0.203. The fourth-order valence-electron chi connectivity index (χ4n) is 2.49. The summed E-state index contributed by atoms with van der Waals surface area (Å²) in [5.41, 5.74) is 0.888. The van der Waals surface area contributed by atoms with Crippen molar-refractivity contribution >= 4 is 5.97 Å².